The van der Waals surface area contributed by atoms with Gasteiger partial charge in [0.1, 0.15) is 0 Å². The largest absolute Gasteiger partial charge is 0.259 e. The van der Waals surface area contributed by atoms with Crippen molar-refractivity contribution in [1.82, 2.24) is 0 Å². The zero-order valence-corrected chi connectivity index (χ0v) is 9.25. The SMILES string of the molecule is O=[S@@]1Cc2ccc3c(c2C1)C[S@@](=O)C3. The Labute approximate surface area is 87.6 Å². The number of benzene rings is 1. The van der Waals surface area contributed by atoms with Crippen LogP contribution < -0.4 is 0 Å². The summed E-state index contributed by atoms with van der Waals surface area (Å²) in [6.07, 6.45) is 0. The highest BCUT2D eigenvalue weighted by Gasteiger charge is 2.26. The lowest BCUT2D eigenvalue weighted by Crippen LogP contribution is -1.92. The van der Waals surface area contributed by atoms with Gasteiger partial charge in [-0.05, 0) is 22.3 Å². The molecular weight excluding hydrogens is 216 g/mol. The molecule has 0 aliphatic carbocycles. The van der Waals surface area contributed by atoms with Crippen LogP contribution in [0.5, 0.6) is 0 Å². The van der Waals surface area contributed by atoms with Crippen LogP contribution in [0, 0.1) is 0 Å². The molecule has 0 unspecified atom stereocenters. The maximum atomic E-state index is 11.4. The van der Waals surface area contributed by atoms with Gasteiger partial charge in [-0.15, -0.1) is 0 Å². The Morgan fingerprint density at radius 2 is 1.21 bits per heavy atom. The first-order valence-electron chi connectivity index (χ1n) is 4.56. The van der Waals surface area contributed by atoms with E-state index in [1.165, 1.54) is 22.3 Å². The molecule has 2 aliphatic rings. The first-order valence-corrected chi connectivity index (χ1v) is 7.54. The summed E-state index contributed by atoms with van der Waals surface area (Å²) in [4.78, 5) is 0. The molecule has 4 heteroatoms. The smallest absolute Gasteiger partial charge is 0.0495 e. The second-order valence-electron chi connectivity index (χ2n) is 3.80. The third-order valence-electron chi connectivity index (χ3n) is 2.87. The van der Waals surface area contributed by atoms with Gasteiger partial charge in [-0.3, -0.25) is 8.42 Å². The van der Waals surface area contributed by atoms with Crippen LogP contribution in [-0.4, -0.2) is 8.42 Å². The van der Waals surface area contributed by atoms with E-state index in [1.807, 2.05) is 0 Å². The van der Waals surface area contributed by atoms with Crippen molar-refractivity contribution in [3.8, 4) is 0 Å². The van der Waals surface area contributed by atoms with Crippen molar-refractivity contribution in [3.63, 3.8) is 0 Å². The molecule has 0 saturated carbocycles. The average molecular weight is 226 g/mol. The normalized spacial score (nSPS) is 28.9. The lowest BCUT2D eigenvalue weighted by molar-refractivity contribution is 0.683. The van der Waals surface area contributed by atoms with Gasteiger partial charge in [-0.2, -0.15) is 0 Å². The van der Waals surface area contributed by atoms with Gasteiger partial charge in [0.15, 0.2) is 0 Å². The fourth-order valence-corrected chi connectivity index (χ4v) is 4.99. The Balaban J connectivity index is 2.19. The molecule has 2 atom stereocenters. The van der Waals surface area contributed by atoms with Crippen molar-refractivity contribution in [2.24, 2.45) is 0 Å². The first kappa shape index (κ1) is 8.80. The minimum absolute atomic E-state index is 0.676. The van der Waals surface area contributed by atoms with Gasteiger partial charge in [0.05, 0.1) is 0 Å². The minimum atomic E-state index is -0.722. The van der Waals surface area contributed by atoms with Gasteiger partial charge in [-0.25, -0.2) is 0 Å². The van der Waals surface area contributed by atoms with Crippen LogP contribution in [0.4, 0.5) is 0 Å². The maximum Gasteiger partial charge on any atom is 0.0495 e. The van der Waals surface area contributed by atoms with E-state index in [1.54, 1.807) is 0 Å². The molecule has 2 aliphatic heterocycles. The van der Waals surface area contributed by atoms with Crippen molar-refractivity contribution < 1.29 is 8.42 Å². The number of hydrogen-bond donors (Lipinski definition) is 0. The van der Waals surface area contributed by atoms with Crippen molar-refractivity contribution in [2.45, 2.75) is 23.0 Å². The van der Waals surface area contributed by atoms with Gasteiger partial charge >= 0.3 is 0 Å². The molecule has 1 aromatic carbocycles. The molecule has 1 aromatic rings. The summed E-state index contributed by atoms with van der Waals surface area (Å²) in [7, 11) is -1.44. The zero-order valence-electron chi connectivity index (χ0n) is 7.62. The number of fused-ring (bicyclic) bond motifs is 3. The predicted octanol–water partition coefficient (Wildman–Crippen LogP) is 1.21. The molecule has 0 N–H and O–H groups in total. The maximum absolute atomic E-state index is 11.4. The van der Waals surface area contributed by atoms with Crippen molar-refractivity contribution >= 4 is 21.6 Å². The fourth-order valence-electron chi connectivity index (χ4n) is 2.19. The molecule has 2 nitrogen and oxygen atoms in total. The highest BCUT2D eigenvalue weighted by atomic mass is 32.2. The van der Waals surface area contributed by atoms with Crippen LogP contribution in [0.15, 0.2) is 12.1 Å². The second-order valence-corrected chi connectivity index (χ2v) is 6.71. The summed E-state index contributed by atoms with van der Waals surface area (Å²) in [5.41, 5.74) is 4.88. The lowest BCUT2D eigenvalue weighted by Gasteiger charge is -2.03. The van der Waals surface area contributed by atoms with Crippen LogP contribution in [-0.2, 0) is 44.6 Å². The number of rotatable bonds is 0. The highest BCUT2D eigenvalue weighted by molar-refractivity contribution is 7.84. The van der Waals surface area contributed by atoms with Crippen LogP contribution in [0.25, 0.3) is 0 Å². The average Bonchev–Trinajstić information content (AvgIpc) is 2.65. The van der Waals surface area contributed by atoms with E-state index < -0.39 is 21.6 Å². The summed E-state index contributed by atoms with van der Waals surface area (Å²) >= 11 is 0. The summed E-state index contributed by atoms with van der Waals surface area (Å²) in [6, 6.07) is 4.11. The van der Waals surface area contributed by atoms with E-state index in [0.29, 0.717) is 23.0 Å². The topological polar surface area (TPSA) is 34.1 Å². The van der Waals surface area contributed by atoms with E-state index in [4.69, 9.17) is 0 Å². The van der Waals surface area contributed by atoms with Gasteiger partial charge in [-0.1, -0.05) is 12.1 Å². The Morgan fingerprint density at radius 1 is 0.786 bits per heavy atom. The summed E-state index contributed by atoms with van der Waals surface area (Å²) < 4.78 is 22.8. The Kier molecular flexibility index (Phi) is 1.89. The lowest BCUT2D eigenvalue weighted by atomic mass is 10.0. The standard InChI is InChI=1S/C10H10O2S2/c11-13-3-7-1-2-8-4-14(12)6-10(8)9(7)5-13/h1-2H,3-6H2/t13-,14+. The van der Waals surface area contributed by atoms with Crippen LogP contribution in [0.2, 0.25) is 0 Å². The molecule has 0 aromatic heterocycles. The molecule has 0 radical (unpaired) electrons. The minimum Gasteiger partial charge on any atom is -0.259 e. The molecule has 3 rings (SSSR count). The molecular formula is C10H10O2S2. The van der Waals surface area contributed by atoms with Gasteiger partial charge in [0, 0.05) is 44.6 Å². The molecule has 0 bridgehead atoms. The van der Waals surface area contributed by atoms with E-state index in [2.05, 4.69) is 12.1 Å². The third kappa shape index (κ3) is 1.21. The Hall–Kier alpha value is -0.480. The van der Waals surface area contributed by atoms with E-state index in [9.17, 15) is 8.42 Å². The van der Waals surface area contributed by atoms with Crippen molar-refractivity contribution in [1.29, 1.82) is 0 Å². The van der Waals surface area contributed by atoms with Crippen LogP contribution in [0.1, 0.15) is 22.3 Å². The molecule has 0 spiro atoms. The monoisotopic (exact) mass is 226 g/mol. The fraction of sp³-hybridized carbons (Fsp3) is 0.400. The van der Waals surface area contributed by atoms with Crippen molar-refractivity contribution in [2.75, 3.05) is 0 Å². The first-order chi connectivity index (χ1) is 6.74. The van der Waals surface area contributed by atoms with Crippen LogP contribution >= 0.6 is 0 Å². The quantitative estimate of drug-likeness (QED) is 0.666. The molecule has 74 valence electrons. The van der Waals surface area contributed by atoms with Gasteiger partial charge in [0.2, 0.25) is 0 Å². The molecule has 0 amide bonds. The molecule has 0 saturated heterocycles. The van der Waals surface area contributed by atoms with Gasteiger partial charge in [0.25, 0.3) is 0 Å². The van der Waals surface area contributed by atoms with Crippen LogP contribution in [0.3, 0.4) is 0 Å². The van der Waals surface area contributed by atoms with Gasteiger partial charge < -0.3 is 0 Å². The summed E-state index contributed by atoms with van der Waals surface area (Å²) in [5.74, 6) is 2.73. The summed E-state index contributed by atoms with van der Waals surface area (Å²) in [6.45, 7) is 0. The Bertz CT molecular complexity index is 422. The second kappa shape index (κ2) is 3.00. The molecule has 14 heavy (non-hydrogen) atoms. The van der Waals surface area contributed by atoms with E-state index in [-0.39, 0.29) is 0 Å². The zero-order chi connectivity index (χ0) is 9.71. The number of hydrogen-bond acceptors (Lipinski definition) is 2. The predicted molar refractivity (Wildman–Crippen MR) is 57.5 cm³/mol. The summed E-state index contributed by atoms with van der Waals surface area (Å²) in [5, 5.41) is 0. The van der Waals surface area contributed by atoms with E-state index in [0.717, 1.165) is 0 Å². The van der Waals surface area contributed by atoms with E-state index >= 15 is 0 Å². The van der Waals surface area contributed by atoms with Crippen molar-refractivity contribution in [3.05, 3.63) is 34.4 Å². The molecule has 2 heterocycles. The third-order valence-corrected chi connectivity index (χ3v) is 5.36. The molecule has 0 fully saturated rings. The Morgan fingerprint density at radius 3 is 1.64 bits per heavy atom. The highest BCUT2D eigenvalue weighted by Crippen LogP contribution is 2.33.